The molecule has 0 aromatic heterocycles. The number of carbonyl (C=O) groups is 2. The Morgan fingerprint density at radius 2 is 1.81 bits per heavy atom. The molecule has 1 atom stereocenters. The minimum Gasteiger partial charge on any atom is -0.493 e. The summed E-state index contributed by atoms with van der Waals surface area (Å²) in [6.07, 6.45) is 8.73. The van der Waals surface area contributed by atoms with Gasteiger partial charge in [-0.25, -0.2) is 0 Å². The zero-order valence-corrected chi connectivity index (χ0v) is 16.2. The van der Waals surface area contributed by atoms with Crippen molar-refractivity contribution in [2.24, 2.45) is 23.2 Å². The predicted molar refractivity (Wildman–Crippen MR) is 102 cm³/mol. The quantitative estimate of drug-likeness (QED) is 0.744. The van der Waals surface area contributed by atoms with E-state index in [9.17, 15) is 9.59 Å². The van der Waals surface area contributed by atoms with Crippen LogP contribution in [0, 0.1) is 23.2 Å². The van der Waals surface area contributed by atoms with E-state index >= 15 is 0 Å². The molecule has 0 saturated heterocycles. The number of rotatable bonds is 7. The highest BCUT2D eigenvalue weighted by Gasteiger charge is 2.53. The average Bonchev–Trinajstić information content (AvgIpc) is 2.65. The second-order valence-corrected chi connectivity index (χ2v) is 8.89. The number of aldehydes is 1. The van der Waals surface area contributed by atoms with Crippen LogP contribution in [0.5, 0.6) is 11.5 Å². The molecule has 0 unspecified atom stereocenters. The molecule has 5 rings (SSSR count). The molecule has 27 heavy (non-hydrogen) atoms. The summed E-state index contributed by atoms with van der Waals surface area (Å²) in [5, 5.41) is 3.20. The molecular formula is C22H29NO4. The van der Waals surface area contributed by atoms with Crippen molar-refractivity contribution in [3.05, 3.63) is 23.8 Å². The van der Waals surface area contributed by atoms with Gasteiger partial charge in [0, 0.05) is 11.6 Å². The van der Waals surface area contributed by atoms with Crippen LogP contribution in [0.25, 0.3) is 0 Å². The fourth-order valence-electron chi connectivity index (χ4n) is 6.17. The third kappa shape index (κ3) is 3.56. The zero-order chi connectivity index (χ0) is 19.0. The standard InChI is InChI=1S/C22H29NO4/c1-14(22-9-16-5-17(10-22)7-18(6-16)11-22)23-21(25)13-27-20-8-15(12-24)3-4-19(20)26-2/h3-4,8,12,14,16-18H,5-7,9-11,13H2,1-2H3,(H,23,25)/t14-,16?,17?,18?,22?/m1/s1. The molecule has 5 nitrogen and oxygen atoms in total. The van der Waals surface area contributed by atoms with Crippen molar-refractivity contribution in [1.82, 2.24) is 5.32 Å². The van der Waals surface area contributed by atoms with Gasteiger partial charge in [-0.3, -0.25) is 9.59 Å². The zero-order valence-electron chi connectivity index (χ0n) is 16.2. The second kappa shape index (κ2) is 7.17. The lowest BCUT2D eigenvalue weighted by atomic mass is 9.48. The maximum atomic E-state index is 12.5. The predicted octanol–water partition coefficient (Wildman–Crippen LogP) is 3.61. The van der Waals surface area contributed by atoms with Crippen LogP contribution < -0.4 is 14.8 Å². The van der Waals surface area contributed by atoms with Gasteiger partial charge in [-0.1, -0.05) is 0 Å². The van der Waals surface area contributed by atoms with E-state index in [1.807, 2.05) is 0 Å². The van der Waals surface area contributed by atoms with Crippen LogP contribution in [0.4, 0.5) is 0 Å². The first-order valence-electron chi connectivity index (χ1n) is 10.1. The maximum absolute atomic E-state index is 12.5. The van der Waals surface area contributed by atoms with Crippen molar-refractivity contribution in [1.29, 1.82) is 0 Å². The molecule has 0 heterocycles. The highest BCUT2D eigenvalue weighted by atomic mass is 16.5. The summed E-state index contributed by atoms with van der Waals surface area (Å²) < 4.78 is 10.9. The van der Waals surface area contributed by atoms with Crippen LogP contribution in [-0.2, 0) is 4.79 Å². The summed E-state index contributed by atoms with van der Waals surface area (Å²) >= 11 is 0. The second-order valence-electron chi connectivity index (χ2n) is 8.89. The number of amides is 1. The molecule has 146 valence electrons. The van der Waals surface area contributed by atoms with Crippen molar-refractivity contribution >= 4 is 12.2 Å². The van der Waals surface area contributed by atoms with Gasteiger partial charge in [0.05, 0.1) is 7.11 Å². The van der Waals surface area contributed by atoms with Crippen molar-refractivity contribution in [2.75, 3.05) is 13.7 Å². The fraction of sp³-hybridized carbons (Fsp3) is 0.636. The SMILES string of the molecule is COc1ccc(C=O)cc1OCC(=O)N[C@H](C)C12CC3CC(CC(C3)C1)C2. The lowest BCUT2D eigenvalue weighted by molar-refractivity contribution is -0.127. The molecule has 4 aliphatic carbocycles. The molecular weight excluding hydrogens is 342 g/mol. The number of carbonyl (C=O) groups excluding carboxylic acids is 2. The first kappa shape index (κ1) is 18.3. The van der Waals surface area contributed by atoms with Crippen LogP contribution in [-0.4, -0.2) is 32.0 Å². The van der Waals surface area contributed by atoms with E-state index in [4.69, 9.17) is 9.47 Å². The normalized spacial score (nSPS) is 32.0. The summed E-state index contributed by atoms with van der Waals surface area (Å²) in [5.74, 6) is 3.41. The molecule has 1 aromatic rings. The average molecular weight is 371 g/mol. The molecule has 1 amide bonds. The first-order chi connectivity index (χ1) is 13.0. The summed E-state index contributed by atoms with van der Waals surface area (Å²) in [7, 11) is 1.54. The third-order valence-corrected chi connectivity index (χ3v) is 7.06. The highest BCUT2D eigenvalue weighted by Crippen LogP contribution is 2.61. The van der Waals surface area contributed by atoms with Crippen molar-refractivity contribution in [2.45, 2.75) is 51.5 Å². The van der Waals surface area contributed by atoms with Gasteiger partial charge in [0.25, 0.3) is 5.91 Å². The molecule has 1 aromatic carbocycles. The number of methoxy groups -OCH3 is 1. The lowest BCUT2D eigenvalue weighted by Gasteiger charge is -2.59. The lowest BCUT2D eigenvalue weighted by Crippen LogP contribution is -2.56. The summed E-state index contributed by atoms with van der Waals surface area (Å²) in [6, 6.07) is 5.11. The molecule has 4 bridgehead atoms. The van der Waals surface area contributed by atoms with Crippen LogP contribution in [0.15, 0.2) is 18.2 Å². The number of nitrogens with one attached hydrogen (secondary N) is 1. The molecule has 4 aliphatic rings. The molecule has 4 fully saturated rings. The van der Waals surface area contributed by atoms with Crippen LogP contribution in [0.3, 0.4) is 0 Å². The van der Waals surface area contributed by atoms with Gasteiger partial charge >= 0.3 is 0 Å². The number of benzene rings is 1. The Labute approximate surface area is 160 Å². The number of hydrogen-bond donors (Lipinski definition) is 1. The van der Waals surface area contributed by atoms with Gasteiger partial charge in [0.2, 0.25) is 0 Å². The Morgan fingerprint density at radius 3 is 2.37 bits per heavy atom. The van der Waals surface area contributed by atoms with Gasteiger partial charge in [0.15, 0.2) is 18.1 Å². The fourth-order valence-corrected chi connectivity index (χ4v) is 6.17. The minimum atomic E-state index is -0.114. The van der Waals surface area contributed by atoms with Gasteiger partial charge in [0.1, 0.15) is 6.29 Å². The Balaban J connectivity index is 1.37. The van der Waals surface area contributed by atoms with E-state index in [2.05, 4.69) is 12.2 Å². The Bertz CT molecular complexity index is 694. The third-order valence-electron chi connectivity index (χ3n) is 7.06. The molecule has 0 spiro atoms. The highest BCUT2D eigenvalue weighted by molar-refractivity contribution is 5.79. The van der Waals surface area contributed by atoms with Gasteiger partial charge in [-0.15, -0.1) is 0 Å². The Morgan fingerprint density at radius 1 is 1.19 bits per heavy atom. The summed E-state index contributed by atoms with van der Waals surface area (Å²) in [6.45, 7) is 2.09. The maximum Gasteiger partial charge on any atom is 0.258 e. The summed E-state index contributed by atoms with van der Waals surface area (Å²) in [5.41, 5.74) is 0.771. The van der Waals surface area contributed by atoms with E-state index in [1.54, 1.807) is 18.2 Å². The van der Waals surface area contributed by atoms with Crippen LogP contribution in [0.2, 0.25) is 0 Å². The van der Waals surface area contributed by atoms with Crippen LogP contribution in [0.1, 0.15) is 55.8 Å². The van der Waals surface area contributed by atoms with Crippen molar-refractivity contribution in [3.8, 4) is 11.5 Å². The smallest absolute Gasteiger partial charge is 0.258 e. The van der Waals surface area contributed by atoms with E-state index in [-0.39, 0.29) is 24.0 Å². The topological polar surface area (TPSA) is 64.6 Å². The van der Waals surface area contributed by atoms with E-state index in [0.717, 1.165) is 24.0 Å². The van der Waals surface area contributed by atoms with Gasteiger partial charge in [-0.2, -0.15) is 0 Å². The van der Waals surface area contributed by atoms with E-state index < -0.39 is 0 Å². The first-order valence-corrected chi connectivity index (χ1v) is 10.1. The Hall–Kier alpha value is -2.04. The number of ether oxygens (including phenoxy) is 2. The monoisotopic (exact) mass is 371 g/mol. The Kier molecular flexibility index (Phi) is 4.87. The van der Waals surface area contributed by atoms with Crippen LogP contribution >= 0.6 is 0 Å². The summed E-state index contributed by atoms with van der Waals surface area (Å²) in [4.78, 5) is 23.5. The largest absolute Gasteiger partial charge is 0.493 e. The van der Waals surface area contributed by atoms with E-state index in [0.29, 0.717) is 17.1 Å². The number of hydrogen-bond acceptors (Lipinski definition) is 4. The molecule has 0 radical (unpaired) electrons. The van der Waals surface area contributed by atoms with Gasteiger partial charge in [-0.05, 0) is 86.8 Å². The van der Waals surface area contributed by atoms with Crippen molar-refractivity contribution in [3.63, 3.8) is 0 Å². The molecule has 1 N–H and O–H groups in total. The van der Waals surface area contributed by atoms with E-state index in [1.165, 1.54) is 45.6 Å². The van der Waals surface area contributed by atoms with Crippen molar-refractivity contribution < 1.29 is 19.1 Å². The molecule has 4 saturated carbocycles. The van der Waals surface area contributed by atoms with Gasteiger partial charge < -0.3 is 14.8 Å². The molecule has 5 heteroatoms. The molecule has 0 aliphatic heterocycles. The minimum absolute atomic E-state index is 0.0740.